The zero-order valence-corrected chi connectivity index (χ0v) is 12.9. The fourth-order valence-electron chi connectivity index (χ4n) is 2.76. The number of benzene rings is 1. The average Bonchev–Trinajstić information content (AvgIpc) is 2.76. The van der Waals surface area contributed by atoms with Crippen LogP contribution in [0.5, 0.6) is 0 Å². The summed E-state index contributed by atoms with van der Waals surface area (Å²) >= 11 is 0. The van der Waals surface area contributed by atoms with Gasteiger partial charge in [-0.3, -0.25) is 9.59 Å². The van der Waals surface area contributed by atoms with Crippen molar-refractivity contribution in [2.75, 3.05) is 11.4 Å². The van der Waals surface area contributed by atoms with E-state index >= 15 is 0 Å². The third-order valence-corrected chi connectivity index (χ3v) is 3.88. The Hall–Kier alpha value is -1.84. The van der Waals surface area contributed by atoms with Gasteiger partial charge < -0.3 is 10.0 Å². The number of carboxylic acids is 1. The maximum absolute atomic E-state index is 12.4. The quantitative estimate of drug-likeness (QED) is 0.924. The number of amides is 1. The van der Waals surface area contributed by atoms with Crippen molar-refractivity contribution in [2.24, 2.45) is 5.41 Å². The van der Waals surface area contributed by atoms with E-state index in [0.717, 1.165) is 24.1 Å². The third kappa shape index (κ3) is 3.63. The van der Waals surface area contributed by atoms with Crippen molar-refractivity contribution in [3.05, 3.63) is 29.8 Å². The zero-order chi connectivity index (χ0) is 15.6. The summed E-state index contributed by atoms with van der Waals surface area (Å²) in [5.41, 5.74) is 1.71. The summed E-state index contributed by atoms with van der Waals surface area (Å²) in [7, 11) is 0. The van der Waals surface area contributed by atoms with Crippen molar-refractivity contribution in [3.8, 4) is 0 Å². The molecule has 1 aromatic carbocycles. The van der Waals surface area contributed by atoms with Crippen LogP contribution in [0.1, 0.15) is 51.5 Å². The molecule has 1 unspecified atom stereocenters. The van der Waals surface area contributed by atoms with E-state index in [1.165, 1.54) is 0 Å². The van der Waals surface area contributed by atoms with Gasteiger partial charge in [0.15, 0.2) is 0 Å². The normalized spacial score (nSPS) is 17.7. The van der Waals surface area contributed by atoms with E-state index in [0.29, 0.717) is 6.42 Å². The number of fused-ring (bicyclic) bond motifs is 1. The summed E-state index contributed by atoms with van der Waals surface area (Å²) in [4.78, 5) is 25.4. The number of rotatable bonds is 4. The lowest BCUT2D eigenvalue weighted by Gasteiger charge is -2.20. The number of aliphatic carboxylic acids is 1. The second kappa shape index (κ2) is 5.88. The molecule has 114 valence electrons. The number of hydrogen-bond acceptors (Lipinski definition) is 2. The van der Waals surface area contributed by atoms with Gasteiger partial charge in [-0.25, -0.2) is 0 Å². The van der Waals surface area contributed by atoms with Gasteiger partial charge in [-0.15, -0.1) is 0 Å². The SMILES string of the molecule is CC(C)(C)CCCC(=O)N1CC(C(=O)O)c2ccccc21. The summed E-state index contributed by atoms with van der Waals surface area (Å²) in [5.74, 6) is -1.45. The van der Waals surface area contributed by atoms with Crippen molar-refractivity contribution in [2.45, 2.75) is 46.0 Å². The van der Waals surface area contributed by atoms with Gasteiger partial charge in [0.05, 0.1) is 0 Å². The van der Waals surface area contributed by atoms with Gasteiger partial charge in [0.1, 0.15) is 5.92 Å². The van der Waals surface area contributed by atoms with Crippen LogP contribution in [0.4, 0.5) is 5.69 Å². The highest BCUT2D eigenvalue weighted by Crippen LogP contribution is 2.36. The summed E-state index contributed by atoms with van der Waals surface area (Å²) < 4.78 is 0. The van der Waals surface area contributed by atoms with Gasteiger partial charge in [-0.05, 0) is 29.9 Å². The van der Waals surface area contributed by atoms with Gasteiger partial charge in [-0.1, -0.05) is 39.0 Å². The van der Waals surface area contributed by atoms with Crippen molar-refractivity contribution >= 4 is 17.6 Å². The first-order valence-electron chi connectivity index (χ1n) is 7.42. The van der Waals surface area contributed by atoms with Gasteiger partial charge in [0.2, 0.25) is 5.91 Å². The van der Waals surface area contributed by atoms with Crippen LogP contribution >= 0.6 is 0 Å². The number of carbonyl (C=O) groups excluding carboxylic acids is 1. The molecule has 0 bridgehead atoms. The Kier molecular flexibility index (Phi) is 4.35. The first-order chi connectivity index (χ1) is 9.79. The highest BCUT2D eigenvalue weighted by Gasteiger charge is 2.35. The van der Waals surface area contributed by atoms with Crippen LogP contribution in [0.3, 0.4) is 0 Å². The molecule has 1 atom stereocenters. The van der Waals surface area contributed by atoms with Crippen LogP contribution in [0.2, 0.25) is 0 Å². The van der Waals surface area contributed by atoms with Crippen molar-refractivity contribution in [3.63, 3.8) is 0 Å². The Balaban J connectivity index is 2.07. The summed E-state index contributed by atoms with van der Waals surface area (Å²) in [6, 6.07) is 7.30. The molecule has 0 aromatic heterocycles. The number of carbonyl (C=O) groups is 2. The molecule has 0 saturated heterocycles. The molecule has 1 aromatic rings. The third-order valence-electron chi connectivity index (χ3n) is 3.88. The molecule has 1 aliphatic rings. The number of hydrogen-bond donors (Lipinski definition) is 1. The average molecular weight is 289 g/mol. The minimum absolute atomic E-state index is 0.0236. The summed E-state index contributed by atoms with van der Waals surface area (Å²) in [6.07, 6.45) is 2.28. The molecular weight excluding hydrogens is 266 g/mol. The number of carboxylic acid groups (broad SMARTS) is 1. The highest BCUT2D eigenvalue weighted by atomic mass is 16.4. The molecule has 0 aliphatic carbocycles. The maximum Gasteiger partial charge on any atom is 0.312 e. The van der Waals surface area contributed by atoms with Gasteiger partial charge in [0, 0.05) is 18.7 Å². The Morgan fingerprint density at radius 1 is 1.29 bits per heavy atom. The van der Waals surface area contributed by atoms with Crippen LogP contribution in [0, 0.1) is 5.41 Å². The Labute approximate surface area is 125 Å². The second-order valence-corrected chi connectivity index (χ2v) is 6.87. The molecule has 21 heavy (non-hydrogen) atoms. The number of para-hydroxylation sites is 1. The van der Waals surface area contributed by atoms with E-state index in [1.54, 1.807) is 11.0 Å². The summed E-state index contributed by atoms with van der Waals surface area (Å²) in [6.45, 7) is 6.72. The van der Waals surface area contributed by atoms with E-state index in [4.69, 9.17) is 0 Å². The molecule has 0 fully saturated rings. The molecule has 1 amide bonds. The van der Waals surface area contributed by atoms with Gasteiger partial charge in [-0.2, -0.15) is 0 Å². The van der Waals surface area contributed by atoms with Gasteiger partial charge >= 0.3 is 5.97 Å². The number of anilines is 1. The van der Waals surface area contributed by atoms with Crippen LogP contribution in [-0.2, 0) is 9.59 Å². The predicted octanol–water partition coefficient (Wildman–Crippen LogP) is 3.42. The molecule has 4 heteroatoms. The fraction of sp³-hybridized carbons (Fsp3) is 0.529. The monoisotopic (exact) mass is 289 g/mol. The smallest absolute Gasteiger partial charge is 0.312 e. The van der Waals surface area contributed by atoms with Crippen molar-refractivity contribution in [1.29, 1.82) is 0 Å². The molecule has 0 radical (unpaired) electrons. The van der Waals surface area contributed by atoms with Crippen LogP contribution in [-0.4, -0.2) is 23.5 Å². The van der Waals surface area contributed by atoms with Crippen LogP contribution in [0.15, 0.2) is 24.3 Å². The Morgan fingerprint density at radius 2 is 1.95 bits per heavy atom. The first-order valence-corrected chi connectivity index (χ1v) is 7.42. The highest BCUT2D eigenvalue weighted by molar-refractivity contribution is 5.98. The lowest BCUT2D eigenvalue weighted by atomic mass is 9.90. The lowest BCUT2D eigenvalue weighted by Crippen LogP contribution is -2.31. The predicted molar refractivity (Wildman–Crippen MR) is 82.5 cm³/mol. The maximum atomic E-state index is 12.4. The van der Waals surface area contributed by atoms with E-state index < -0.39 is 11.9 Å². The first kappa shape index (κ1) is 15.5. The molecule has 4 nitrogen and oxygen atoms in total. The van der Waals surface area contributed by atoms with Gasteiger partial charge in [0.25, 0.3) is 0 Å². The Morgan fingerprint density at radius 3 is 2.57 bits per heavy atom. The largest absolute Gasteiger partial charge is 0.481 e. The van der Waals surface area contributed by atoms with E-state index in [-0.39, 0.29) is 17.9 Å². The molecule has 1 N–H and O–H groups in total. The van der Waals surface area contributed by atoms with Crippen LogP contribution in [0.25, 0.3) is 0 Å². The molecule has 2 rings (SSSR count). The van der Waals surface area contributed by atoms with E-state index in [2.05, 4.69) is 20.8 Å². The lowest BCUT2D eigenvalue weighted by molar-refractivity contribution is -0.138. The molecule has 0 saturated carbocycles. The second-order valence-electron chi connectivity index (χ2n) is 6.87. The standard InChI is InChI=1S/C17H23NO3/c1-17(2,3)10-6-9-15(19)18-11-13(16(20)21)12-7-4-5-8-14(12)18/h4-5,7-8,13H,6,9-11H2,1-3H3,(H,20,21). The summed E-state index contributed by atoms with van der Waals surface area (Å²) in [5, 5.41) is 9.30. The topological polar surface area (TPSA) is 57.6 Å². The Bertz CT molecular complexity index is 545. The number of nitrogens with zero attached hydrogens (tertiary/aromatic N) is 1. The van der Waals surface area contributed by atoms with Crippen molar-refractivity contribution < 1.29 is 14.7 Å². The molecule has 0 spiro atoms. The van der Waals surface area contributed by atoms with Crippen LogP contribution < -0.4 is 4.90 Å². The minimum Gasteiger partial charge on any atom is -0.481 e. The van der Waals surface area contributed by atoms with Crippen molar-refractivity contribution in [1.82, 2.24) is 0 Å². The zero-order valence-electron chi connectivity index (χ0n) is 12.9. The molecular formula is C17H23NO3. The van der Waals surface area contributed by atoms with E-state index in [9.17, 15) is 14.7 Å². The minimum atomic E-state index is -0.868. The van der Waals surface area contributed by atoms with E-state index in [1.807, 2.05) is 18.2 Å². The molecule has 1 heterocycles. The fourth-order valence-corrected chi connectivity index (χ4v) is 2.76. The molecule has 1 aliphatic heterocycles.